The van der Waals surface area contributed by atoms with Gasteiger partial charge in [-0.05, 0) is 12.1 Å². The van der Waals surface area contributed by atoms with Crippen LogP contribution in [-0.2, 0) is 0 Å². The van der Waals surface area contributed by atoms with Gasteiger partial charge in [-0.2, -0.15) is 0 Å². The first-order chi connectivity index (χ1) is 6.77. The van der Waals surface area contributed by atoms with E-state index in [0.717, 1.165) is 5.56 Å². The number of pyridine rings is 1. The molecule has 70 valence electrons. The number of oxazole rings is 1. The highest BCUT2D eigenvalue weighted by Gasteiger charge is 2.11. The molecule has 0 unspecified atom stereocenters. The number of hydrogen-bond donors (Lipinski definition) is 1. The van der Waals surface area contributed by atoms with E-state index in [2.05, 4.69) is 9.97 Å². The molecule has 2 aromatic rings. The fourth-order valence-corrected chi connectivity index (χ4v) is 1.02. The lowest BCUT2D eigenvalue weighted by Crippen LogP contribution is -1.95. The first-order valence-corrected chi connectivity index (χ1v) is 3.86. The fraction of sp³-hybridized carbons (Fsp3) is 0. The molecule has 0 bridgehead atoms. The molecular formula is C9H6N2O3. The number of hydrogen-bond acceptors (Lipinski definition) is 4. The molecule has 5 nitrogen and oxygen atoms in total. The third-order valence-electron chi connectivity index (χ3n) is 1.64. The maximum absolute atomic E-state index is 10.5. The van der Waals surface area contributed by atoms with Crippen molar-refractivity contribution in [3.8, 4) is 11.3 Å². The van der Waals surface area contributed by atoms with Crippen LogP contribution in [0.15, 0.2) is 35.2 Å². The van der Waals surface area contributed by atoms with Crippen LogP contribution in [0.25, 0.3) is 11.3 Å². The van der Waals surface area contributed by atoms with E-state index in [1.165, 1.54) is 6.26 Å². The summed E-state index contributed by atoms with van der Waals surface area (Å²) in [5.74, 6) is -1.50. The van der Waals surface area contributed by atoms with Crippen LogP contribution >= 0.6 is 0 Å². The maximum Gasteiger partial charge on any atom is 0.392 e. The predicted octanol–water partition coefficient (Wildman–Crippen LogP) is 1.43. The van der Waals surface area contributed by atoms with Gasteiger partial charge in [0.1, 0.15) is 12.0 Å². The van der Waals surface area contributed by atoms with Gasteiger partial charge in [-0.25, -0.2) is 9.78 Å². The molecule has 0 radical (unpaired) electrons. The highest BCUT2D eigenvalue weighted by molar-refractivity contribution is 5.82. The molecule has 2 rings (SSSR count). The summed E-state index contributed by atoms with van der Waals surface area (Å²) in [6.07, 6.45) is 4.51. The largest absolute Gasteiger partial charge is 0.474 e. The third kappa shape index (κ3) is 1.47. The fourth-order valence-electron chi connectivity index (χ4n) is 1.02. The Bertz CT molecular complexity index is 450. The van der Waals surface area contributed by atoms with E-state index in [4.69, 9.17) is 9.52 Å². The summed E-state index contributed by atoms with van der Waals surface area (Å²) in [5, 5.41) is 8.57. The molecule has 0 aliphatic carbocycles. The molecule has 0 saturated heterocycles. The van der Waals surface area contributed by atoms with E-state index in [-0.39, 0.29) is 5.89 Å². The van der Waals surface area contributed by atoms with Crippen LogP contribution in [0.4, 0.5) is 0 Å². The molecule has 0 fully saturated rings. The Morgan fingerprint density at radius 2 is 2.36 bits per heavy atom. The minimum Gasteiger partial charge on any atom is -0.474 e. The van der Waals surface area contributed by atoms with Crippen LogP contribution in [0.1, 0.15) is 10.7 Å². The van der Waals surface area contributed by atoms with E-state index < -0.39 is 5.97 Å². The maximum atomic E-state index is 10.5. The summed E-state index contributed by atoms with van der Waals surface area (Å²) in [6.45, 7) is 0. The minimum absolute atomic E-state index is 0.316. The summed E-state index contributed by atoms with van der Waals surface area (Å²) >= 11 is 0. The number of aromatic carboxylic acids is 1. The first-order valence-electron chi connectivity index (χ1n) is 3.86. The van der Waals surface area contributed by atoms with Crippen LogP contribution in [0.5, 0.6) is 0 Å². The summed E-state index contributed by atoms with van der Waals surface area (Å²) in [4.78, 5) is 18.1. The van der Waals surface area contributed by atoms with Crippen LogP contribution in [-0.4, -0.2) is 21.0 Å². The van der Waals surface area contributed by atoms with Crippen LogP contribution in [0.3, 0.4) is 0 Å². The average Bonchev–Trinajstić information content (AvgIpc) is 2.68. The average molecular weight is 190 g/mol. The Kier molecular flexibility index (Phi) is 1.98. The molecule has 0 atom stereocenters. The summed E-state index contributed by atoms with van der Waals surface area (Å²) in [6, 6.07) is 3.51. The van der Waals surface area contributed by atoms with E-state index in [0.29, 0.717) is 5.69 Å². The van der Waals surface area contributed by atoms with E-state index in [9.17, 15) is 4.79 Å². The zero-order valence-corrected chi connectivity index (χ0v) is 7.04. The highest BCUT2D eigenvalue weighted by Crippen LogP contribution is 2.16. The Morgan fingerprint density at radius 3 is 2.93 bits per heavy atom. The van der Waals surface area contributed by atoms with Gasteiger partial charge in [0, 0.05) is 18.0 Å². The van der Waals surface area contributed by atoms with Crippen molar-refractivity contribution < 1.29 is 14.3 Å². The highest BCUT2D eigenvalue weighted by atomic mass is 16.4. The van der Waals surface area contributed by atoms with Crippen molar-refractivity contribution in [2.24, 2.45) is 0 Å². The van der Waals surface area contributed by atoms with Gasteiger partial charge in [-0.1, -0.05) is 0 Å². The molecule has 5 heteroatoms. The standard InChI is InChI=1S/C9H6N2O3/c12-9(13)8-11-7(5-14-8)6-2-1-3-10-4-6/h1-5H,(H,12,13). The van der Waals surface area contributed by atoms with Crippen LogP contribution in [0, 0.1) is 0 Å². The van der Waals surface area contributed by atoms with Gasteiger partial charge in [0.2, 0.25) is 0 Å². The number of carboxylic acid groups (broad SMARTS) is 1. The number of rotatable bonds is 2. The molecule has 0 amide bonds. The van der Waals surface area contributed by atoms with Crippen molar-refractivity contribution in [2.45, 2.75) is 0 Å². The lowest BCUT2D eigenvalue weighted by atomic mass is 10.2. The Hall–Kier alpha value is -2.17. The monoisotopic (exact) mass is 190 g/mol. The topological polar surface area (TPSA) is 76.2 Å². The lowest BCUT2D eigenvalue weighted by molar-refractivity contribution is 0.0653. The Labute approximate surface area is 79.0 Å². The van der Waals surface area contributed by atoms with Crippen molar-refractivity contribution in [3.05, 3.63) is 36.7 Å². The van der Waals surface area contributed by atoms with Crippen molar-refractivity contribution >= 4 is 5.97 Å². The molecule has 1 N–H and O–H groups in total. The Morgan fingerprint density at radius 1 is 1.50 bits per heavy atom. The first kappa shape index (κ1) is 8.43. The third-order valence-corrected chi connectivity index (χ3v) is 1.64. The van der Waals surface area contributed by atoms with Gasteiger partial charge in [0.25, 0.3) is 0 Å². The zero-order valence-electron chi connectivity index (χ0n) is 7.04. The summed E-state index contributed by atoms with van der Waals surface area (Å²) < 4.78 is 4.74. The quantitative estimate of drug-likeness (QED) is 0.775. The number of aromatic nitrogens is 2. The zero-order chi connectivity index (χ0) is 9.97. The van der Waals surface area contributed by atoms with Crippen LogP contribution < -0.4 is 0 Å². The van der Waals surface area contributed by atoms with Gasteiger partial charge in [0.15, 0.2) is 0 Å². The second-order valence-electron chi connectivity index (χ2n) is 2.58. The van der Waals surface area contributed by atoms with Crippen LogP contribution in [0.2, 0.25) is 0 Å². The van der Waals surface area contributed by atoms with Crippen molar-refractivity contribution in [1.82, 2.24) is 9.97 Å². The molecule has 2 heterocycles. The SMILES string of the molecule is O=C(O)c1nc(-c2cccnc2)co1. The van der Waals surface area contributed by atoms with Gasteiger partial charge >= 0.3 is 11.9 Å². The van der Waals surface area contributed by atoms with Gasteiger partial charge in [-0.3, -0.25) is 4.98 Å². The van der Waals surface area contributed by atoms with Crippen molar-refractivity contribution in [2.75, 3.05) is 0 Å². The smallest absolute Gasteiger partial charge is 0.392 e. The molecule has 0 aliphatic rings. The van der Waals surface area contributed by atoms with E-state index in [1.807, 2.05) is 0 Å². The molecule has 0 aliphatic heterocycles. The number of carboxylic acids is 1. The second kappa shape index (κ2) is 3.29. The molecule has 0 spiro atoms. The molecule has 0 saturated carbocycles. The molecule has 0 aromatic carbocycles. The van der Waals surface area contributed by atoms with Gasteiger partial charge < -0.3 is 9.52 Å². The summed E-state index contributed by atoms with van der Waals surface area (Å²) in [7, 11) is 0. The summed E-state index contributed by atoms with van der Waals surface area (Å²) in [5.41, 5.74) is 1.19. The second-order valence-corrected chi connectivity index (χ2v) is 2.58. The molecular weight excluding hydrogens is 184 g/mol. The van der Waals surface area contributed by atoms with E-state index in [1.54, 1.807) is 24.5 Å². The van der Waals surface area contributed by atoms with Crippen molar-refractivity contribution in [3.63, 3.8) is 0 Å². The minimum atomic E-state index is -1.18. The van der Waals surface area contributed by atoms with Crippen molar-refractivity contribution in [1.29, 1.82) is 0 Å². The lowest BCUT2D eigenvalue weighted by Gasteiger charge is -1.90. The van der Waals surface area contributed by atoms with E-state index >= 15 is 0 Å². The number of nitrogens with zero attached hydrogens (tertiary/aromatic N) is 2. The Balaban J connectivity index is 2.39. The molecule has 14 heavy (non-hydrogen) atoms. The number of carbonyl (C=O) groups is 1. The van der Waals surface area contributed by atoms with Gasteiger partial charge in [-0.15, -0.1) is 0 Å². The van der Waals surface area contributed by atoms with Gasteiger partial charge in [0.05, 0.1) is 0 Å². The predicted molar refractivity (Wildman–Crippen MR) is 46.7 cm³/mol. The normalized spacial score (nSPS) is 10.0. The molecule has 2 aromatic heterocycles.